The summed E-state index contributed by atoms with van der Waals surface area (Å²) in [6.45, 7) is 7.58. The molecule has 0 fully saturated rings. The Morgan fingerprint density at radius 3 is 2.17 bits per heavy atom. The van der Waals surface area contributed by atoms with Crippen LogP contribution in [-0.4, -0.2) is 11.1 Å². The van der Waals surface area contributed by atoms with E-state index < -0.39 is 5.97 Å². The van der Waals surface area contributed by atoms with Crippen molar-refractivity contribution in [1.29, 1.82) is 0 Å². The molecule has 0 bridgehead atoms. The van der Waals surface area contributed by atoms with E-state index in [0.29, 0.717) is 5.57 Å². The first kappa shape index (κ1) is 14.1. The lowest BCUT2D eigenvalue weighted by Crippen LogP contribution is -2.02. The van der Waals surface area contributed by atoms with Crippen LogP contribution in [0, 0.1) is 17.3 Å². The Balaban J connectivity index is 3.33. The van der Waals surface area contributed by atoms with Crippen molar-refractivity contribution in [2.75, 3.05) is 0 Å². The molecule has 1 aromatic carbocycles. The summed E-state index contributed by atoms with van der Waals surface area (Å²) in [5.41, 5.74) is 1.55. The standard InChI is InChI=1S/C16H18O2/c1-12(15(17)18)14(10-11-16(2,3)4)13-8-6-5-7-9-13/h5-9H,1-4H3,(H,17,18)/b14-12-. The predicted molar refractivity (Wildman–Crippen MR) is 73.9 cm³/mol. The number of rotatable bonds is 2. The van der Waals surface area contributed by atoms with Crippen LogP contribution in [0.3, 0.4) is 0 Å². The quantitative estimate of drug-likeness (QED) is 0.635. The summed E-state index contributed by atoms with van der Waals surface area (Å²) in [6.07, 6.45) is 0. The van der Waals surface area contributed by atoms with Crippen LogP contribution in [-0.2, 0) is 4.79 Å². The minimum atomic E-state index is -0.933. The molecular weight excluding hydrogens is 224 g/mol. The van der Waals surface area contributed by atoms with E-state index in [2.05, 4.69) is 11.8 Å². The topological polar surface area (TPSA) is 37.3 Å². The van der Waals surface area contributed by atoms with Gasteiger partial charge in [-0.3, -0.25) is 0 Å². The van der Waals surface area contributed by atoms with Crippen molar-refractivity contribution >= 4 is 11.5 Å². The van der Waals surface area contributed by atoms with Crippen LogP contribution < -0.4 is 0 Å². The van der Waals surface area contributed by atoms with Crippen LogP contribution in [0.1, 0.15) is 33.3 Å². The molecular formula is C16H18O2. The van der Waals surface area contributed by atoms with E-state index in [4.69, 9.17) is 5.11 Å². The van der Waals surface area contributed by atoms with Gasteiger partial charge in [0.15, 0.2) is 0 Å². The number of carboxylic acid groups (broad SMARTS) is 1. The zero-order valence-electron chi connectivity index (χ0n) is 11.2. The maximum absolute atomic E-state index is 11.1. The highest BCUT2D eigenvalue weighted by Crippen LogP contribution is 2.19. The lowest BCUT2D eigenvalue weighted by molar-refractivity contribution is -0.132. The van der Waals surface area contributed by atoms with Crippen LogP contribution in [0.4, 0.5) is 0 Å². The second-order valence-electron chi connectivity index (χ2n) is 5.17. The molecule has 0 aliphatic heterocycles. The molecule has 1 rings (SSSR count). The van der Waals surface area contributed by atoms with Gasteiger partial charge in [0.2, 0.25) is 0 Å². The van der Waals surface area contributed by atoms with Gasteiger partial charge in [-0.25, -0.2) is 4.79 Å². The summed E-state index contributed by atoms with van der Waals surface area (Å²) in [6, 6.07) is 9.40. The van der Waals surface area contributed by atoms with Crippen molar-refractivity contribution < 1.29 is 9.90 Å². The fourth-order valence-corrected chi connectivity index (χ4v) is 1.34. The average Bonchev–Trinajstić information content (AvgIpc) is 2.28. The van der Waals surface area contributed by atoms with Gasteiger partial charge in [-0.2, -0.15) is 0 Å². The van der Waals surface area contributed by atoms with Crippen molar-refractivity contribution in [3.8, 4) is 11.8 Å². The maximum Gasteiger partial charge on any atom is 0.332 e. The van der Waals surface area contributed by atoms with Crippen LogP contribution in [0.15, 0.2) is 35.9 Å². The van der Waals surface area contributed by atoms with Crippen molar-refractivity contribution in [3.63, 3.8) is 0 Å². The molecule has 0 amide bonds. The molecule has 1 aromatic rings. The molecule has 0 saturated heterocycles. The molecule has 18 heavy (non-hydrogen) atoms. The lowest BCUT2D eigenvalue weighted by Gasteiger charge is -2.09. The van der Waals surface area contributed by atoms with E-state index in [0.717, 1.165) is 5.56 Å². The van der Waals surface area contributed by atoms with Crippen molar-refractivity contribution in [2.45, 2.75) is 27.7 Å². The molecule has 0 atom stereocenters. The zero-order chi connectivity index (χ0) is 13.8. The van der Waals surface area contributed by atoms with Crippen LogP contribution in [0.5, 0.6) is 0 Å². The number of aliphatic carboxylic acids is 1. The van der Waals surface area contributed by atoms with Gasteiger partial charge < -0.3 is 5.11 Å². The van der Waals surface area contributed by atoms with Crippen LogP contribution in [0.25, 0.3) is 5.57 Å². The normalized spacial score (nSPS) is 12.2. The second kappa shape index (κ2) is 5.55. The van der Waals surface area contributed by atoms with Gasteiger partial charge >= 0.3 is 5.97 Å². The third kappa shape index (κ3) is 4.10. The first-order valence-electron chi connectivity index (χ1n) is 5.84. The predicted octanol–water partition coefficient (Wildman–Crippen LogP) is 3.59. The van der Waals surface area contributed by atoms with Gasteiger partial charge in [0, 0.05) is 11.0 Å². The Morgan fingerprint density at radius 1 is 1.17 bits per heavy atom. The van der Waals surface area contributed by atoms with E-state index in [-0.39, 0.29) is 11.0 Å². The van der Waals surface area contributed by atoms with Gasteiger partial charge in [0.1, 0.15) is 0 Å². The molecule has 0 radical (unpaired) electrons. The van der Waals surface area contributed by atoms with E-state index in [1.165, 1.54) is 0 Å². The number of allylic oxidation sites excluding steroid dienone is 1. The molecule has 2 heteroatoms. The Labute approximate surface area is 108 Å². The highest BCUT2D eigenvalue weighted by Gasteiger charge is 2.10. The largest absolute Gasteiger partial charge is 0.478 e. The minimum Gasteiger partial charge on any atom is -0.478 e. The minimum absolute atomic E-state index is 0.154. The van der Waals surface area contributed by atoms with E-state index in [9.17, 15) is 4.79 Å². The number of benzene rings is 1. The van der Waals surface area contributed by atoms with Crippen LogP contribution >= 0.6 is 0 Å². The zero-order valence-corrected chi connectivity index (χ0v) is 11.2. The molecule has 0 saturated carbocycles. The van der Waals surface area contributed by atoms with E-state index in [1.54, 1.807) is 6.92 Å². The smallest absolute Gasteiger partial charge is 0.332 e. The summed E-state index contributed by atoms with van der Waals surface area (Å²) >= 11 is 0. The molecule has 0 aliphatic carbocycles. The lowest BCUT2D eigenvalue weighted by atomic mass is 9.95. The second-order valence-corrected chi connectivity index (χ2v) is 5.17. The molecule has 0 heterocycles. The number of hydrogen-bond donors (Lipinski definition) is 1. The van der Waals surface area contributed by atoms with Crippen molar-refractivity contribution in [2.24, 2.45) is 5.41 Å². The molecule has 0 aromatic heterocycles. The molecule has 0 unspecified atom stereocenters. The first-order chi connectivity index (χ1) is 8.31. The average molecular weight is 242 g/mol. The fraction of sp³-hybridized carbons (Fsp3) is 0.312. The van der Waals surface area contributed by atoms with Crippen molar-refractivity contribution in [3.05, 3.63) is 41.5 Å². The number of carboxylic acids is 1. The Morgan fingerprint density at radius 2 is 1.72 bits per heavy atom. The summed E-state index contributed by atoms with van der Waals surface area (Å²) in [5.74, 6) is 5.16. The van der Waals surface area contributed by atoms with E-state index >= 15 is 0 Å². The molecule has 0 aliphatic rings. The summed E-state index contributed by atoms with van der Waals surface area (Å²) in [4.78, 5) is 11.1. The molecule has 0 spiro atoms. The van der Waals surface area contributed by atoms with Gasteiger partial charge in [0.25, 0.3) is 0 Å². The maximum atomic E-state index is 11.1. The summed E-state index contributed by atoms with van der Waals surface area (Å²) < 4.78 is 0. The van der Waals surface area contributed by atoms with Gasteiger partial charge in [-0.1, -0.05) is 42.2 Å². The molecule has 94 valence electrons. The Bertz CT molecular complexity index is 520. The SMILES string of the molecule is C/C(C(=O)O)=C(\C#CC(C)(C)C)c1ccccc1. The molecule has 2 nitrogen and oxygen atoms in total. The molecule has 1 N–H and O–H groups in total. The Kier molecular flexibility index (Phi) is 4.33. The van der Waals surface area contributed by atoms with Crippen molar-refractivity contribution in [1.82, 2.24) is 0 Å². The third-order valence-electron chi connectivity index (χ3n) is 2.32. The van der Waals surface area contributed by atoms with Gasteiger partial charge in [-0.05, 0) is 33.3 Å². The highest BCUT2D eigenvalue weighted by molar-refractivity contribution is 6.00. The summed E-state index contributed by atoms with van der Waals surface area (Å²) in [7, 11) is 0. The monoisotopic (exact) mass is 242 g/mol. The number of carbonyl (C=O) groups is 1. The van der Waals surface area contributed by atoms with Crippen LogP contribution in [0.2, 0.25) is 0 Å². The first-order valence-corrected chi connectivity index (χ1v) is 5.84. The third-order valence-corrected chi connectivity index (χ3v) is 2.32. The van der Waals surface area contributed by atoms with Gasteiger partial charge in [0.05, 0.1) is 5.57 Å². The summed E-state index contributed by atoms with van der Waals surface area (Å²) in [5, 5.41) is 9.12. The Hall–Kier alpha value is -2.01. The fourth-order valence-electron chi connectivity index (χ4n) is 1.34. The number of hydrogen-bond acceptors (Lipinski definition) is 1. The van der Waals surface area contributed by atoms with E-state index in [1.807, 2.05) is 51.1 Å². The van der Waals surface area contributed by atoms with Gasteiger partial charge in [-0.15, -0.1) is 0 Å². The highest BCUT2D eigenvalue weighted by atomic mass is 16.4.